The van der Waals surface area contributed by atoms with E-state index in [9.17, 15) is 14.3 Å². The molecule has 2 N–H and O–H groups in total. The molecule has 98 valence electrons. The molecule has 1 saturated heterocycles. The molecule has 1 aliphatic heterocycles. The summed E-state index contributed by atoms with van der Waals surface area (Å²) in [5.74, 6) is -0.650. The second-order valence-electron chi connectivity index (χ2n) is 4.49. The van der Waals surface area contributed by atoms with Gasteiger partial charge in [-0.3, -0.25) is 4.79 Å². The number of carbonyl (C=O) groups excluding carboxylic acids is 1. The number of benzene rings is 1. The van der Waals surface area contributed by atoms with Crippen LogP contribution in [0.25, 0.3) is 0 Å². The van der Waals surface area contributed by atoms with Gasteiger partial charge in [0.15, 0.2) is 6.10 Å². The normalized spacial score (nSPS) is 17.6. The molecule has 2 rings (SSSR count). The van der Waals surface area contributed by atoms with Crippen LogP contribution in [-0.2, 0) is 4.79 Å². The molecule has 4 nitrogen and oxygen atoms in total. The van der Waals surface area contributed by atoms with Crippen LogP contribution >= 0.6 is 0 Å². The van der Waals surface area contributed by atoms with Crippen molar-refractivity contribution in [1.29, 1.82) is 0 Å². The Morgan fingerprint density at radius 1 is 1.44 bits per heavy atom. The predicted molar refractivity (Wildman–Crippen MR) is 65.5 cm³/mol. The average molecular weight is 252 g/mol. The van der Waals surface area contributed by atoms with E-state index in [-0.39, 0.29) is 11.7 Å². The van der Waals surface area contributed by atoms with Crippen molar-refractivity contribution in [2.24, 2.45) is 0 Å². The van der Waals surface area contributed by atoms with Gasteiger partial charge in [-0.1, -0.05) is 12.1 Å². The monoisotopic (exact) mass is 252 g/mol. The maximum absolute atomic E-state index is 13.1. The molecule has 18 heavy (non-hydrogen) atoms. The minimum absolute atomic E-state index is 0.317. The van der Waals surface area contributed by atoms with Crippen molar-refractivity contribution >= 4 is 5.91 Å². The van der Waals surface area contributed by atoms with E-state index in [2.05, 4.69) is 5.32 Å². The lowest BCUT2D eigenvalue weighted by atomic mass is 10.0. The van der Waals surface area contributed by atoms with Crippen molar-refractivity contribution in [2.45, 2.75) is 13.0 Å². The molecule has 1 unspecified atom stereocenters. The highest BCUT2D eigenvalue weighted by Gasteiger charge is 2.25. The number of halogens is 1. The maximum atomic E-state index is 13.1. The van der Waals surface area contributed by atoms with Crippen LogP contribution < -0.4 is 5.32 Å². The second-order valence-corrected chi connectivity index (χ2v) is 4.49. The van der Waals surface area contributed by atoms with Crippen LogP contribution in [0, 0.1) is 12.7 Å². The van der Waals surface area contributed by atoms with Crippen molar-refractivity contribution in [2.75, 3.05) is 26.2 Å². The van der Waals surface area contributed by atoms with Crippen LogP contribution in [-0.4, -0.2) is 42.1 Å². The quantitative estimate of drug-likeness (QED) is 0.810. The predicted octanol–water partition coefficient (Wildman–Crippen LogP) is 0.599. The number of aliphatic hydroxyl groups excluding tert-OH is 1. The molecule has 0 radical (unpaired) electrons. The fraction of sp³-hybridized carbons (Fsp3) is 0.462. The molecular formula is C13H17FN2O2. The molecule has 1 aliphatic rings. The van der Waals surface area contributed by atoms with E-state index in [4.69, 9.17) is 0 Å². The minimum Gasteiger partial charge on any atom is -0.378 e. The highest BCUT2D eigenvalue weighted by atomic mass is 19.1. The van der Waals surface area contributed by atoms with Gasteiger partial charge in [0.05, 0.1) is 0 Å². The third-order valence-corrected chi connectivity index (χ3v) is 3.16. The highest BCUT2D eigenvalue weighted by molar-refractivity contribution is 5.82. The third-order valence-electron chi connectivity index (χ3n) is 3.16. The molecule has 1 amide bonds. The van der Waals surface area contributed by atoms with E-state index in [1.165, 1.54) is 18.2 Å². The summed E-state index contributed by atoms with van der Waals surface area (Å²) in [5, 5.41) is 13.2. The van der Waals surface area contributed by atoms with Crippen molar-refractivity contribution in [3.63, 3.8) is 0 Å². The lowest BCUT2D eigenvalue weighted by molar-refractivity contribution is -0.141. The summed E-state index contributed by atoms with van der Waals surface area (Å²) in [6, 6.07) is 4.24. The number of nitrogens with one attached hydrogen (secondary N) is 1. The summed E-state index contributed by atoms with van der Waals surface area (Å²) in [7, 11) is 0. The van der Waals surface area contributed by atoms with Gasteiger partial charge in [-0.15, -0.1) is 0 Å². The van der Waals surface area contributed by atoms with E-state index in [1.807, 2.05) is 0 Å². The molecule has 1 aromatic carbocycles. The summed E-state index contributed by atoms with van der Waals surface area (Å²) in [6.45, 7) is 4.27. The molecular weight excluding hydrogens is 235 g/mol. The summed E-state index contributed by atoms with van der Waals surface area (Å²) >= 11 is 0. The van der Waals surface area contributed by atoms with Gasteiger partial charge in [-0.25, -0.2) is 4.39 Å². The number of amides is 1. The molecule has 0 bridgehead atoms. The standard InChI is InChI=1S/C13H17FN2O2/c1-9-8-10(2-3-11(9)14)12(17)13(18)16-6-4-15-5-7-16/h2-3,8,12,15,17H,4-7H2,1H3. The zero-order valence-electron chi connectivity index (χ0n) is 10.3. The molecule has 1 fully saturated rings. The zero-order chi connectivity index (χ0) is 13.1. The molecule has 1 heterocycles. The summed E-state index contributed by atoms with van der Waals surface area (Å²) < 4.78 is 13.1. The fourth-order valence-corrected chi connectivity index (χ4v) is 2.04. The largest absolute Gasteiger partial charge is 0.378 e. The van der Waals surface area contributed by atoms with E-state index in [1.54, 1.807) is 11.8 Å². The molecule has 0 saturated carbocycles. The Morgan fingerprint density at radius 3 is 2.72 bits per heavy atom. The first-order chi connectivity index (χ1) is 8.59. The Balaban J connectivity index is 2.11. The van der Waals surface area contributed by atoms with Crippen LogP contribution in [0.4, 0.5) is 4.39 Å². The van der Waals surface area contributed by atoms with Crippen LogP contribution in [0.3, 0.4) is 0 Å². The Bertz CT molecular complexity index is 445. The van der Waals surface area contributed by atoms with Gasteiger partial charge >= 0.3 is 0 Å². The van der Waals surface area contributed by atoms with Gasteiger partial charge in [0.1, 0.15) is 5.82 Å². The number of hydrogen-bond acceptors (Lipinski definition) is 3. The highest BCUT2D eigenvalue weighted by Crippen LogP contribution is 2.19. The lowest BCUT2D eigenvalue weighted by Crippen LogP contribution is -2.48. The molecule has 1 aromatic rings. The van der Waals surface area contributed by atoms with Crippen LogP contribution in [0.5, 0.6) is 0 Å². The van der Waals surface area contributed by atoms with Crippen molar-refractivity contribution in [1.82, 2.24) is 10.2 Å². The number of nitrogens with zero attached hydrogens (tertiary/aromatic N) is 1. The van der Waals surface area contributed by atoms with Crippen LogP contribution in [0.2, 0.25) is 0 Å². The van der Waals surface area contributed by atoms with E-state index in [0.717, 1.165) is 13.1 Å². The van der Waals surface area contributed by atoms with Gasteiger partial charge in [0.25, 0.3) is 5.91 Å². The molecule has 0 aliphatic carbocycles. The number of carbonyl (C=O) groups is 1. The van der Waals surface area contributed by atoms with Crippen LogP contribution in [0.15, 0.2) is 18.2 Å². The molecule has 0 spiro atoms. The average Bonchev–Trinajstić information content (AvgIpc) is 2.41. The number of rotatable bonds is 2. The van der Waals surface area contributed by atoms with Gasteiger partial charge in [-0.2, -0.15) is 0 Å². The Kier molecular flexibility index (Phi) is 3.93. The Labute approximate surface area is 105 Å². The van der Waals surface area contributed by atoms with Crippen molar-refractivity contribution in [3.05, 3.63) is 35.1 Å². The van der Waals surface area contributed by atoms with Gasteiger partial charge in [0.2, 0.25) is 0 Å². The lowest BCUT2D eigenvalue weighted by Gasteiger charge is -2.29. The Morgan fingerprint density at radius 2 is 2.11 bits per heavy atom. The first kappa shape index (κ1) is 13.0. The van der Waals surface area contributed by atoms with E-state index in [0.29, 0.717) is 24.2 Å². The fourth-order valence-electron chi connectivity index (χ4n) is 2.04. The van der Waals surface area contributed by atoms with Gasteiger partial charge in [-0.05, 0) is 24.1 Å². The SMILES string of the molecule is Cc1cc(C(O)C(=O)N2CCNCC2)ccc1F. The van der Waals surface area contributed by atoms with E-state index < -0.39 is 6.10 Å². The number of piperazine rings is 1. The summed E-state index contributed by atoms with van der Waals surface area (Å²) in [5.41, 5.74) is 0.872. The van der Waals surface area contributed by atoms with Gasteiger partial charge in [0, 0.05) is 26.2 Å². The number of hydrogen-bond donors (Lipinski definition) is 2. The summed E-state index contributed by atoms with van der Waals surface area (Å²) in [4.78, 5) is 13.7. The first-order valence-corrected chi connectivity index (χ1v) is 6.03. The number of aliphatic hydroxyl groups is 1. The second kappa shape index (κ2) is 5.46. The van der Waals surface area contributed by atoms with Gasteiger partial charge < -0.3 is 15.3 Å². The zero-order valence-corrected chi connectivity index (χ0v) is 10.3. The topological polar surface area (TPSA) is 52.6 Å². The molecule has 5 heteroatoms. The smallest absolute Gasteiger partial charge is 0.256 e. The molecule has 1 atom stereocenters. The van der Waals surface area contributed by atoms with Crippen molar-refractivity contribution in [3.8, 4) is 0 Å². The molecule has 0 aromatic heterocycles. The minimum atomic E-state index is -1.21. The number of aryl methyl sites for hydroxylation is 1. The third kappa shape index (κ3) is 2.68. The first-order valence-electron chi connectivity index (χ1n) is 6.03. The van der Waals surface area contributed by atoms with E-state index >= 15 is 0 Å². The maximum Gasteiger partial charge on any atom is 0.256 e. The Hall–Kier alpha value is -1.46. The van der Waals surface area contributed by atoms with Crippen molar-refractivity contribution < 1.29 is 14.3 Å². The summed E-state index contributed by atoms with van der Waals surface area (Å²) in [6.07, 6.45) is -1.21. The van der Waals surface area contributed by atoms with Crippen LogP contribution in [0.1, 0.15) is 17.2 Å².